The summed E-state index contributed by atoms with van der Waals surface area (Å²) in [5.74, 6) is 1.85. The second-order valence-corrected chi connectivity index (χ2v) is 5.61. The Morgan fingerprint density at radius 1 is 1.18 bits per heavy atom. The van der Waals surface area contributed by atoms with E-state index in [0.717, 1.165) is 38.4 Å². The van der Waals surface area contributed by atoms with Gasteiger partial charge in [0.25, 0.3) is 0 Å². The Labute approximate surface area is 103 Å². The molecule has 0 spiro atoms. The molecule has 1 N–H and O–H groups in total. The van der Waals surface area contributed by atoms with Gasteiger partial charge in [-0.1, -0.05) is 12.2 Å². The van der Waals surface area contributed by atoms with E-state index in [1.54, 1.807) is 0 Å². The maximum absolute atomic E-state index is 10.3. The van der Waals surface area contributed by atoms with Crippen LogP contribution in [0.4, 0.5) is 0 Å². The summed E-state index contributed by atoms with van der Waals surface area (Å²) in [6.07, 6.45) is 9.45. The Hall–Kier alpha value is -0.380. The molecule has 4 atom stereocenters. The molecule has 3 heteroatoms. The lowest BCUT2D eigenvalue weighted by Gasteiger charge is -2.27. The second kappa shape index (κ2) is 5.09. The van der Waals surface area contributed by atoms with Crippen LogP contribution in [0.1, 0.15) is 32.1 Å². The fourth-order valence-corrected chi connectivity index (χ4v) is 3.49. The number of ether oxygens (including phenoxy) is 2. The zero-order chi connectivity index (χ0) is 11.7. The summed E-state index contributed by atoms with van der Waals surface area (Å²) in [6.45, 7) is 1.61. The van der Waals surface area contributed by atoms with Gasteiger partial charge in [0, 0.05) is 6.42 Å². The molecular formula is C14H22O3. The predicted octanol–water partition coefficient (Wildman–Crippen LogP) is 2.10. The zero-order valence-electron chi connectivity index (χ0n) is 10.3. The summed E-state index contributed by atoms with van der Waals surface area (Å²) in [5, 5.41) is 10.3. The number of aliphatic hydroxyl groups excluding tert-OH is 1. The lowest BCUT2D eigenvalue weighted by Crippen LogP contribution is -2.29. The Kier molecular flexibility index (Phi) is 3.50. The topological polar surface area (TPSA) is 38.7 Å². The number of allylic oxidation sites excluding steroid dienone is 2. The molecule has 1 aliphatic heterocycles. The smallest absolute Gasteiger partial charge is 0.157 e. The SMILES string of the molecule is OC(CCC1OCCCO1)C1CC2C=CC1C2. The molecule has 4 unspecified atom stereocenters. The van der Waals surface area contributed by atoms with Gasteiger partial charge in [-0.05, 0) is 43.4 Å². The van der Waals surface area contributed by atoms with Crippen LogP contribution in [0.3, 0.4) is 0 Å². The summed E-state index contributed by atoms with van der Waals surface area (Å²) < 4.78 is 11.0. The fraction of sp³-hybridized carbons (Fsp3) is 0.857. The van der Waals surface area contributed by atoms with E-state index in [-0.39, 0.29) is 12.4 Å². The summed E-state index contributed by atoms with van der Waals surface area (Å²) in [5.41, 5.74) is 0. The second-order valence-electron chi connectivity index (χ2n) is 5.61. The van der Waals surface area contributed by atoms with Crippen molar-refractivity contribution in [1.82, 2.24) is 0 Å². The molecule has 3 nitrogen and oxygen atoms in total. The predicted molar refractivity (Wildman–Crippen MR) is 64.4 cm³/mol. The van der Waals surface area contributed by atoms with Crippen LogP contribution in [0.25, 0.3) is 0 Å². The maximum atomic E-state index is 10.3. The molecule has 17 heavy (non-hydrogen) atoms. The standard InChI is InChI=1S/C14H22O3/c15-13(4-5-14-16-6-1-7-17-14)12-9-10-2-3-11(12)8-10/h2-3,10-15H,1,4-9H2. The van der Waals surface area contributed by atoms with Crippen molar-refractivity contribution in [3.63, 3.8) is 0 Å². The van der Waals surface area contributed by atoms with Crippen molar-refractivity contribution < 1.29 is 14.6 Å². The lowest BCUT2D eigenvalue weighted by atomic mass is 9.86. The third-order valence-electron chi connectivity index (χ3n) is 4.42. The Morgan fingerprint density at radius 3 is 2.65 bits per heavy atom. The molecule has 2 aliphatic carbocycles. The molecule has 1 saturated heterocycles. The van der Waals surface area contributed by atoms with E-state index in [4.69, 9.17) is 9.47 Å². The molecule has 0 aromatic rings. The summed E-state index contributed by atoms with van der Waals surface area (Å²) in [4.78, 5) is 0. The lowest BCUT2D eigenvalue weighted by molar-refractivity contribution is -0.184. The van der Waals surface area contributed by atoms with Crippen LogP contribution in [-0.2, 0) is 9.47 Å². The van der Waals surface area contributed by atoms with E-state index in [2.05, 4.69) is 12.2 Å². The highest BCUT2D eigenvalue weighted by atomic mass is 16.7. The molecule has 2 bridgehead atoms. The van der Waals surface area contributed by atoms with Gasteiger partial charge in [0.15, 0.2) is 6.29 Å². The Balaban J connectivity index is 1.44. The van der Waals surface area contributed by atoms with Crippen molar-refractivity contribution >= 4 is 0 Å². The fourth-order valence-electron chi connectivity index (χ4n) is 3.49. The molecule has 0 aromatic heterocycles. The van der Waals surface area contributed by atoms with E-state index >= 15 is 0 Å². The summed E-state index contributed by atoms with van der Waals surface area (Å²) >= 11 is 0. The third kappa shape index (κ3) is 2.56. The molecular weight excluding hydrogens is 216 g/mol. The monoisotopic (exact) mass is 238 g/mol. The van der Waals surface area contributed by atoms with E-state index in [1.165, 1.54) is 12.8 Å². The van der Waals surface area contributed by atoms with Crippen LogP contribution in [-0.4, -0.2) is 30.7 Å². The van der Waals surface area contributed by atoms with Crippen LogP contribution in [0, 0.1) is 17.8 Å². The molecule has 1 saturated carbocycles. The minimum absolute atomic E-state index is 0.0764. The number of hydrogen-bond donors (Lipinski definition) is 1. The summed E-state index contributed by atoms with van der Waals surface area (Å²) in [6, 6.07) is 0. The van der Waals surface area contributed by atoms with Crippen molar-refractivity contribution in [3.05, 3.63) is 12.2 Å². The van der Waals surface area contributed by atoms with Crippen molar-refractivity contribution in [2.45, 2.75) is 44.5 Å². The number of aliphatic hydroxyl groups is 1. The van der Waals surface area contributed by atoms with Gasteiger partial charge >= 0.3 is 0 Å². The first-order valence-corrected chi connectivity index (χ1v) is 6.92. The first-order chi connectivity index (χ1) is 8.33. The van der Waals surface area contributed by atoms with Crippen molar-refractivity contribution in [2.24, 2.45) is 17.8 Å². The van der Waals surface area contributed by atoms with Gasteiger partial charge in [-0.3, -0.25) is 0 Å². The number of fused-ring (bicyclic) bond motifs is 2. The van der Waals surface area contributed by atoms with E-state index < -0.39 is 0 Å². The van der Waals surface area contributed by atoms with Gasteiger partial charge in [0.05, 0.1) is 19.3 Å². The minimum atomic E-state index is -0.177. The third-order valence-corrected chi connectivity index (χ3v) is 4.42. The molecule has 3 rings (SSSR count). The molecule has 1 heterocycles. The van der Waals surface area contributed by atoms with E-state index in [9.17, 15) is 5.11 Å². The van der Waals surface area contributed by atoms with Gasteiger partial charge in [-0.2, -0.15) is 0 Å². The maximum Gasteiger partial charge on any atom is 0.157 e. The van der Waals surface area contributed by atoms with Crippen molar-refractivity contribution in [1.29, 1.82) is 0 Å². The number of hydrogen-bond acceptors (Lipinski definition) is 3. The van der Waals surface area contributed by atoms with Crippen molar-refractivity contribution in [2.75, 3.05) is 13.2 Å². The normalized spacial score (nSPS) is 38.8. The average Bonchev–Trinajstić information content (AvgIpc) is 2.99. The van der Waals surface area contributed by atoms with Gasteiger partial charge < -0.3 is 14.6 Å². The van der Waals surface area contributed by atoms with Crippen LogP contribution in [0.5, 0.6) is 0 Å². The largest absolute Gasteiger partial charge is 0.393 e. The number of rotatable bonds is 4. The highest BCUT2D eigenvalue weighted by molar-refractivity contribution is 5.11. The molecule has 2 fully saturated rings. The van der Waals surface area contributed by atoms with Crippen LogP contribution in [0.15, 0.2) is 12.2 Å². The van der Waals surface area contributed by atoms with Crippen molar-refractivity contribution in [3.8, 4) is 0 Å². The Bertz CT molecular complexity index is 283. The van der Waals surface area contributed by atoms with Gasteiger partial charge in [-0.15, -0.1) is 0 Å². The van der Waals surface area contributed by atoms with Crippen LogP contribution >= 0.6 is 0 Å². The van der Waals surface area contributed by atoms with Gasteiger partial charge in [-0.25, -0.2) is 0 Å². The van der Waals surface area contributed by atoms with Crippen LogP contribution in [0.2, 0.25) is 0 Å². The molecule has 96 valence electrons. The highest BCUT2D eigenvalue weighted by Crippen LogP contribution is 2.45. The minimum Gasteiger partial charge on any atom is -0.393 e. The highest BCUT2D eigenvalue weighted by Gasteiger charge is 2.39. The first kappa shape index (κ1) is 11.7. The van der Waals surface area contributed by atoms with E-state index in [0.29, 0.717) is 11.8 Å². The Morgan fingerprint density at radius 2 is 2.00 bits per heavy atom. The quantitative estimate of drug-likeness (QED) is 0.762. The van der Waals surface area contributed by atoms with Gasteiger partial charge in [0.2, 0.25) is 0 Å². The molecule has 0 radical (unpaired) electrons. The van der Waals surface area contributed by atoms with Crippen LogP contribution < -0.4 is 0 Å². The van der Waals surface area contributed by atoms with Gasteiger partial charge in [0.1, 0.15) is 0 Å². The zero-order valence-corrected chi connectivity index (χ0v) is 10.3. The molecule has 0 amide bonds. The van der Waals surface area contributed by atoms with E-state index in [1.807, 2.05) is 0 Å². The average molecular weight is 238 g/mol. The summed E-state index contributed by atoms with van der Waals surface area (Å²) in [7, 11) is 0. The molecule has 3 aliphatic rings. The first-order valence-electron chi connectivity index (χ1n) is 6.92. The molecule has 0 aromatic carbocycles.